The molecule has 0 saturated heterocycles. The van der Waals surface area contributed by atoms with Crippen LogP contribution in [0, 0.1) is 0 Å². The van der Waals surface area contributed by atoms with Gasteiger partial charge < -0.3 is 20.2 Å². The summed E-state index contributed by atoms with van der Waals surface area (Å²) in [4.78, 5) is 21.3. The van der Waals surface area contributed by atoms with Crippen LogP contribution >= 0.6 is 0 Å². The summed E-state index contributed by atoms with van der Waals surface area (Å²) in [6.45, 7) is 0. The molecule has 1 amide bonds. The largest absolute Gasteiger partial charge is 0.472 e. The normalized spacial score (nSPS) is 16.2. The van der Waals surface area contributed by atoms with Gasteiger partial charge in [0.05, 0.1) is 17.8 Å². The summed E-state index contributed by atoms with van der Waals surface area (Å²) in [6.07, 6.45) is 1.04. The Bertz CT molecular complexity index is 752. The Morgan fingerprint density at radius 2 is 2.08 bits per heavy atom. The number of rotatable bonds is 5. The highest BCUT2D eigenvalue weighted by molar-refractivity contribution is 6.41. The highest BCUT2D eigenvalue weighted by atomic mass is 16.6. The summed E-state index contributed by atoms with van der Waals surface area (Å²) in [7, 11) is -1.59. The summed E-state index contributed by atoms with van der Waals surface area (Å²) < 4.78 is 0. The number of nitrogens with one attached hydrogen (secondary N) is 1. The number of amides is 1. The van der Waals surface area contributed by atoms with Crippen molar-refractivity contribution in [3.63, 3.8) is 0 Å². The third-order valence-electron chi connectivity index (χ3n) is 3.58. The number of benzene rings is 1. The second-order valence-electron chi connectivity index (χ2n) is 5.36. The lowest BCUT2D eigenvalue weighted by molar-refractivity contribution is -0.130. The van der Waals surface area contributed by atoms with Crippen molar-refractivity contribution >= 4 is 18.7 Å². The van der Waals surface area contributed by atoms with Crippen molar-refractivity contribution in [1.29, 1.82) is 0 Å². The molecular weight excluding hydrogens is 309 g/mol. The molecule has 1 aliphatic heterocycles. The lowest BCUT2D eigenvalue weighted by atomic mass is 9.92. The van der Waals surface area contributed by atoms with Gasteiger partial charge in [-0.1, -0.05) is 29.4 Å². The van der Waals surface area contributed by atoms with E-state index in [1.54, 1.807) is 6.20 Å². The Labute approximate surface area is 139 Å². The summed E-state index contributed by atoms with van der Waals surface area (Å²) >= 11 is 0. The standard InChI is InChI=1S/C16H16BN3O4/c21-16(19-10-17(22)23)15-9-14(20-24-15)12-5-3-4-11(8-12)13-6-1-2-7-18-13/h1-8,15,22-23H,9-10H2,(H,19,21). The van der Waals surface area contributed by atoms with Gasteiger partial charge in [-0.25, -0.2) is 0 Å². The minimum Gasteiger partial charge on any atom is -0.426 e. The van der Waals surface area contributed by atoms with Gasteiger partial charge in [-0.3, -0.25) is 9.78 Å². The van der Waals surface area contributed by atoms with Crippen LogP contribution in [0.2, 0.25) is 0 Å². The molecule has 0 fully saturated rings. The third-order valence-corrected chi connectivity index (χ3v) is 3.58. The van der Waals surface area contributed by atoms with Gasteiger partial charge in [-0.2, -0.15) is 0 Å². The molecule has 8 heteroatoms. The maximum Gasteiger partial charge on any atom is 0.472 e. The van der Waals surface area contributed by atoms with Gasteiger partial charge in [0.25, 0.3) is 5.91 Å². The van der Waals surface area contributed by atoms with Crippen molar-refractivity contribution < 1.29 is 19.7 Å². The zero-order valence-corrected chi connectivity index (χ0v) is 12.8. The van der Waals surface area contributed by atoms with Crippen molar-refractivity contribution in [2.24, 2.45) is 5.16 Å². The smallest absolute Gasteiger partial charge is 0.426 e. The van der Waals surface area contributed by atoms with Gasteiger partial charge >= 0.3 is 7.12 Å². The fourth-order valence-corrected chi connectivity index (χ4v) is 2.39. The van der Waals surface area contributed by atoms with Crippen LogP contribution in [0.3, 0.4) is 0 Å². The van der Waals surface area contributed by atoms with Crippen LogP contribution < -0.4 is 5.32 Å². The number of carbonyl (C=O) groups is 1. The van der Waals surface area contributed by atoms with E-state index in [1.807, 2.05) is 42.5 Å². The van der Waals surface area contributed by atoms with Crippen LogP contribution in [0.5, 0.6) is 0 Å². The molecule has 7 nitrogen and oxygen atoms in total. The number of carbonyl (C=O) groups excluding carboxylic acids is 1. The van der Waals surface area contributed by atoms with E-state index in [2.05, 4.69) is 15.5 Å². The third kappa shape index (κ3) is 3.79. The molecule has 0 radical (unpaired) electrons. The molecule has 1 aromatic carbocycles. The molecular formula is C16H16BN3O4. The van der Waals surface area contributed by atoms with E-state index in [4.69, 9.17) is 14.9 Å². The van der Waals surface area contributed by atoms with E-state index in [-0.39, 0.29) is 6.44 Å². The molecule has 1 unspecified atom stereocenters. The Hall–Kier alpha value is -2.71. The molecule has 3 rings (SSSR count). The number of nitrogens with zero attached hydrogens (tertiary/aromatic N) is 2. The summed E-state index contributed by atoms with van der Waals surface area (Å²) in [6, 6.07) is 13.4. The van der Waals surface area contributed by atoms with E-state index in [0.29, 0.717) is 12.1 Å². The number of oxime groups is 1. The van der Waals surface area contributed by atoms with Crippen LogP contribution in [0.25, 0.3) is 11.3 Å². The second kappa shape index (κ2) is 7.24. The van der Waals surface area contributed by atoms with Crippen molar-refractivity contribution in [2.75, 3.05) is 6.44 Å². The molecule has 1 aromatic heterocycles. The monoisotopic (exact) mass is 325 g/mol. The minimum absolute atomic E-state index is 0.247. The molecule has 24 heavy (non-hydrogen) atoms. The zero-order valence-electron chi connectivity index (χ0n) is 12.8. The first-order valence-corrected chi connectivity index (χ1v) is 7.52. The first-order valence-electron chi connectivity index (χ1n) is 7.52. The fraction of sp³-hybridized carbons (Fsp3) is 0.188. The number of hydrogen-bond donors (Lipinski definition) is 3. The van der Waals surface area contributed by atoms with E-state index < -0.39 is 19.1 Å². The molecule has 2 heterocycles. The Morgan fingerprint density at radius 3 is 2.83 bits per heavy atom. The second-order valence-corrected chi connectivity index (χ2v) is 5.36. The molecule has 122 valence electrons. The summed E-state index contributed by atoms with van der Waals surface area (Å²) in [5.74, 6) is -0.428. The predicted molar refractivity (Wildman–Crippen MR) is 88.9 cm³/mol. The molecule has 3 N–H and O–H groups in total. The van der Waals surface area contributed by atoms with E-state index in [1.165, 1.54) is 0 Å². The Kier molecular flexibility index (Phi) is 4.88. The number of hydrogen-bond acceptors (Lipinski definition) is 6. The summed E-state index contributed by atoms with van der Waals surface area (Å²) in [5, 5.41) is 23.9. The lowest BCUT2D eigenvalue weighted by Gasteiger charge is -2.08. The van der Waals surface area contributed by atoms with Gasteiger partial charge in [0.15, 0.2) is 0 Å². The number of pyridine rings is 1. The Morgan fingerprint density at radius 1 is 1.25 bits per heavy atom. The van der Waals surface area contributed by atoms with Crippen molar-refractivity contribution in [2.45, 2.75) is 12.5 Å². The maximum absolute atomic E-state index is 11.9. The molecule has 0 spiro atoms. The molecule has 0 bridgehead atoms. The van der Waals surface area contributed by atoms with E-state index in [0.717, 1.165) is 16.8 Å². The van der Waals surface area contributed by atoms with Crippen LogP contribution in [-0.2, 0) is 9.63 Å². The van der Waals surface area contributed by atoms with Crippen molar-refractivity contribution in [3.05, 3.63) is 54.2 Å². The Balaban J connectivity index is 1.69. The maximum atomic E-state index is 11.9. The van der Waals surface area contributed by atoms with Gasteiger partial charge in [-0.05, 0) is 18.2 Å². The summed E-state index contributed by atoms with van der Waals surface area (Å²) in [5.41, 5.74) is 3.32. The lowest BCUT2D eigenvalue weighted by Crippen LogP contribution is -2.41. The fourth-order valence-electron chi connectivity index (χ4n) is 2.39. The average molecular weight is 325 g/mol. The van der Waals surface area contributed by atoms with E-state index in [9.17, 15) is 4.79 Å². The number of aromatic nitrogens is 1. The van der Waals surface area contributed by atoms with Gasteiger partial charge in [-0.15, -0.1) is 0 Å². The minimum atomic E-state index is -1.59. The molecule has 1 atom stereocenters. The molecule has 1 aliphatic rings. The van der Waals surface area contributed by atoms with Gasteiger partial charge in [0, 0.05) is 23.7 Å². The molecule has 0 saturated carbocycles. The molecule has 2 aromatic rings. The van der Waals surface area contributed by atoms with Crippen molar-refractivity contribution in [1.82, 2.24) is 10.3 Å². The highest BCUT2D eigenvalue weighted by Gasteiger charge is 2.29. The average Bonchev–Trinajstić information content (AvgIpc) is 3.11. The topological polar surface area (TPSA) is 104 Å². The van der Waals surface area contributed by atoms with Gasteiger partial charge in [0.1, 0.15) is 0 Å². The van der Waals surface area contributed by atoms with E-state index >= 15 is 0 Å². The van der Waals surface area contributed by atoms with Crippen LogP contribution in [0.4, 0.5) is 0 Å². The molecule has 0 aliphatic carbocycles. The first kappa shape index (κ1) is 16.2. The zero-order chi connectivity index (χ0) is 16.9. The predicted octanol–water partition coefficient (Wildman–Crippen LogP) is 0.370. The van der Waals surface area contributed by atoms with Crippen molar-refractivity contribution in [3.8, 4) is 11.3 Å². The van der Waals surface area contributed by atoms with Crippen LogP contribution in [0.15, 0.2) is 53.8 Å². The van der Waals surface area contributed by atoms with Gasteiger partial charge in [0.2, 0.25) is 6.10 Å². The first-order chi connectivity index (χ1) is 11.6. The highest BCUT2D eigenvalue weighted by Crippen LogP contribution is 2.22. The SMILES string of the molecule is O=C(NCB(O)O)C1CC(c2cccc(-c3ccccn3)c2)=NO1. The quantitative estimate of drug-likeness (QED) is 0.689. The van der Waals surface area contributed by atoms with Crippen LogP contribution in [-0.4, -0.2) is 46.3 Å². The van der Waals surface area contributed by atoms with Crippen LogP contribution in [0.1, 0.15) is 12.0 Å².